The number of aliphatic hydroxyl groups is 1. The maximum Gasteiger partial charge on any atom is 0.225 e. The molecule has 0 radical (unpaired) electrons. The highest BCUT2D eigenvalue weighted by molar-refractivity contribution is 5.90. The number of aromatic nitrogens is 3. The molecule has 1 aliphatic heterocycles. The van der Waals surface area contributed by atoms with E-state index in [9.17, 15) is 9.90 Å². The highest BCUT2D eigenvalue weighted by Gasteiger charge is 2.28. The second-order valence-corrected chi connectivity index (χ2v) is 6.56. The lowest BCUT2D eigenvalue weighted by Gasteiger charge is -2.33. The van der Waals surface area contributed by atoms with Crippen LogP contribution >= 0.6 is 0 Å². The van der Waals surface area contributed by atoms with E-state index >= 15 is 0 Å². The zero-order valence-electron chi connectivity index (χ0n) is 14.5. The normalized spacial score (nSPS) is 17.4. The molecule has 2 aromatic heterocycles. The average molecular weight is 343 g/mol. The van der Waals surface area contributed by atoms with Crippen LogP contribution in [0.2, 0.25) is 0 Å². The van der Waals surface area contributed by atoms with Crippen LogP contribution in [-0.2, 0) is 11.8 Å². The third kappa shape index (κ3) is 4.64. The number of anilines is 1. The van der Waals surface area contributed by atoms with E-state index in [0.29, 0.717) is 6.42 Å². The summed E-state index contributed by atoms with van der Waals surface area (Å²) in [6.45, 7) is 2.52. The Kier molecular flexibility index (Phi) is 5.78. The molecule has 0 bridgehead atoms. The number of imidazole rings is 1. The minimum atomic E-state index is -0.518. The van der Waals surface area contributed by atoms with Gasteiger partial charge in [-0.3, -0.25) is 9.78 Å². The van der Waals surface area contributed by atoms with Gasteiger partial charge in [-0.2, -0.15) is 0 Å². The molecule has 134 valence electrons. The molecular weight excluding hydrogens is 318 g/mol. The first kappa shape index (κ1) is 17.6. The third-order valence-electron chi connectivity index (χ3n) is 4.80. The fraction of sp³-hybridized carbons (Fsp3) is 0.500. The topological polar surface area (TPSA) is 83.3 Å². The lowest BCUT2D eigenvalue weighted by atomic mass is 9.90. The predicted octanol–water partition coefficient (Wildman–Crippen LogP) is 1.59. The number of nitrogens with zero attached hydrogens (tertiary/aromatic N) is 4. The van der Waals surface area contributed by atoms with E-state index in [1.807, 2.05) is 23.9 Å². The van der Waals surface area contributed by atoms with Crippen molar-refractivity contribution in [2.45, 2.75) is 25.4 Å². The number of carbonyl (C=O) groups excluding carboxylic acids is 1. The zero-order chi connectivity index (χ0) is 17.6. The van der Waals surface area contributed by atoms with E-state index < -0.39 is 6.10 Å². The van der Waals surface area contributed by atoms with Gasteiger partial charge in [0.05, 0.1) is 11.9 Å². The fourth-order valence-electron chi connectivity index (χ4n) is 3.29. The van der Waals surface area contributed by atoms with Crippen LogP contribution in [0.25, 0.3) is 0 Å². The van der Waals surface area contributed by atoms with Gasteiger partial charge in [-0.1, -0.05) is 0 Å². The van der Waals surface area contributed by atoms with Crippen molar-refractivity contribution in [3.63, 3.8) is 0 Å². The van der Waals surface area contributed by atoms with Crippen LogP contribution in [0.1, 0.15) is 31.2 Å². The average Bonchev–Trinajstić information content (AvgIpc) is 3.07. The van der Waals surface area contributed by atoms with Gasteiger partial charge < -0.3 is 19.9 Å². The number of nitrogens with one attached hydrogen (secondary N) is 1. The number of rotatable bonds is 6. The van der Waals surface area contributed by atoms with E-state index in [-0.39, 0.29) is 11.8 Å². The van der Waals surface area contributed by atoms with Crippen LogP contribution < -0.4 is 5.32 Å². The number of likely N-dealkylation sites (tertiary alicyclic amines) is 1. The molecule has 0 aromatic carbocycles. The Labute approximate surface area is 147 Å². The first-order valence-electron chi connectivity index (χ1n) is 8.71. The number of pyridine rings is 1. The summed E-state index contributed by atoms with van der Waals surface area (Å²) in [7, 11) is 1.90. The van der Waals surface area contributed by atoms with Crippen molar-refractivity contribution in [2.24, 2.45) is 13.0 Å². The minimum absolute atomic E-state index is 0.00293. The standard InChI is InChI=1S/C18H25N5O2/c1-22-12-8-20-18(22)17(25)14-4-9-23(10-5-14)11-6-16(24)21-15-3-2-7-19-13-15/h2-3,7-8,12-14,17,25H,4-6,9-11H2,1H3,(H,21,24)/t17-/m0/s1. The van der Waals surface area contributed by atoms with Gasteiger partial charge in [0.1, 0.15) is 11.9 Å². The molecule has 0 aliphatic carbocycles. The molecule has 2 N–H and O–H groups in total. The molecule has 0 spiro atoms. The molecule has 3 heterocycles. The van der Waals surface area contributed by atoms with Crippen LogP contribution in [-0.4, -0.2) is 50.1 Å². The van der Waals surface area contributed by atoms with Crippen LogP contribution in [0.15, 0.2) is 36.9 Å². The molecule has 2 aromatic rings. The molecule has 1 aliphatic rings. The molecule has 1 saturated heterocycles. The van der Waals surface area contributed by atoms with Crippen molar-refractivity contribution in [3.8, 4) is 0 Å². The van der Waals surface area contributed by atoms with E-state index in [0.717, 1.165) is 44.0 Å². The zero-order valence-corrected chi connectivity index (χ0v) is 14.5. The predicted molar refractivity (Wildman–Crippen MR) is 94.8 cm³/mol. The van der Waals surface area contributed by atoms with Crippen LogP contribution in [0.3, 0.4) is 0 Å². The van der Waals surface area contributed by atoms with E-state index in [2.05, 4.69) is 20.2 Å². The third-order valence-corrected chi connectivity index (χ3v) is 4.80. The highest BCUT2D eigenvalue weighted by atomic mass is 16.3. The number of piperidine rings is 1. The number of carbonyl (C=O) groups is 1. The summed E-state index contributed by atoms with van der Waals surface area (Å²) in [5.74, 6) is 0.957. The summed E-state index contributed by atoms with van der Waals surface area (Å²) >= 11 is 0. The Bertz CT molecular complexity index is 680. The van der Waals surface area contributed by atoms with E-state index in [1.54, 1.807) is 24.7 Å². The molecule has 3 rings (SSSR count). The summed E-state index contributed by atoms with van der Waals surface area (Å²) in [6, 6.07) is 3.63. The van der Waals surface area contributed by atoms with Crippen molar-refractivity contribution >= 4 is 11.6 Å². The second kappa shape index (κ2) is 8.22. The Balaban J connectivity index is 1.40. The number of hydrogen-bond donors (Lipinski definition) is 2. The summed E-state index contributed by atoms with van der Waals surface area (Å²) in [5, 5.41) is 13.4. The molecule has 1 atom stereocenters. The number of amides is 1. The smallest absolute Gasteiger partial charge is 0.225 e. The van der Waals surface area contributed by atoms with Gasteiger partial charge in [0.2, 0.25) is 5.91 Å². The Morgan fingerprint density at radius 2 is 2.20 bits per heavy atom. The molecule has 7 nitrogen and oxygen atoms in total. The Morgan fingerprint density at radius 3 is 2.84 bits per heavy atom. The van der Waals surface area contributed by atoms with Gasteiger partial charge in [-0.25, -0.2) is 4.98 Å². The number of aryl methyl sites for hydroxylation is 1. The van der Waals surface area contributed by atoms with Crippen molar-refractivity contribution in [1.29, 1.82) is 0 Å². The SMILES string of the molecule is Cn1ccnc1[C@@H](O)C1CCN(CCC(=O)Nc2cccnc2)CC1. The Morgan fingerprint density at radius 1 is 1.40 bits per heavy atom. The molecular formula is C18H25N5O2. The van der Waals surface area contributed by atoms with Crippen molar-refractivity contribution < 1.29 is 9.90 Å². The van der Waals surface area contributed by atoms with Crippen molar-refractivity contribution in [3.05, 3.63) is 42.7 Å². The summed E-state index contributed by atoms with van der Waals surface area (Å²) < 4.78 is 1.87. The second-order valence-electron chi connectivity index (χ2n) is 6.56. The molecule has 1 amide bonds. The van der Waals surface area contributed by atoms with Gasteiger partial charge in [0.25, 0.3) is 0 Å². The van der Waals surface area contributed by atoms with Gasteiger partial charge in [0.15, 0.2) is 0 Å². The van der Waals surface area contributed by atoms with Gasteiger partial charge in [0, 0.05) is 38.6 Å². The summed E-state index contributed by atoms with van der Waals surface area (Å²) in [4.78, 5) is 22.5. The first-order chi connectivity index (χ1) is 12.1. The quantitative estimate of drug-likeness (QED) is 0.832. The fourth-order valence-corrected chi connectivity index (χ4v) is 3.29. The van der Waals surface area contributed by atoms with Crippen LogP contribution in [0.4, 0.5) is 5.69 Å². The molecule has 7 heteroatoms. The lowest BCUT2D eigenvalue weighted by molar-refractivity contribution is -0.116. The van der Waals surface area contributed by atoms with Gasteiger partial charge in [-0.05, 0) is 44.0 Å². The number of aliphatic hydroxyl groups excluding tert-OH is 1. The van der Waals surface area contributed by atoms with Gasteiger partial charge >= 0.3 is 0 Å². The minimum Gasteiger partial charge on any atom is -0.385 e. The maximum absolute atomic E-state index is 12.0. The van der Waals surface area contributed by atoms with E-state index in [1.165, 1.54) is 0 Å². The summed E-state index contributed by atoms with van der Waals surface area (Å²) in [6.07, 6.45) is 8.67. The van der Waals surface area contributed by atoms with Crippen LogP contribution in [0.5, 0.6) is 0 Å². The maximum atomic E-state index is 12.0. The Hall–Kier alpha value is -2.25. The lowest BCUT2D eigenvalue weighted by Crippen LogP contribution is -2.37. The van der Waals surface area contributed by atoms with Crippen molar-refractivity contribution in [1.82, 2.24) is 19.4 Å². The van der Waals surface area contributed by atoms with Crippen LogP contribution in [0, 0.1) is 5.92 Å². The largest absolute Gasteiger partial charge is 0.385 e. The highest BCUT2D eigenvalue weighted by Crippen LogP contribution is 2.29. The monoisotopic (exact) mass is 343 g/mol. The van der Waals surface area contributed by atoms with Gasteiger partial charge in [-0.15, -0.1) is 0 Å². The molecule has 25 heavy (non-hydrogen) atoms. The first-order valence-corrected chi connectivity index (χ1v) is 8.71. The van der Waals surface area contributed by atoms with E-state index in [4.69, 9.17) is 0 Å². The molecule has 0 saturated carbocycles. The number of hydrogen-bond acceptors (Lipinski definition) is 5. The summed E-state index contributed by atoms with van der Waals surface area (Å²) in [5.41, 5.74) is 0.726. The molecule has 1 fully saturated rings. The van der Waals surface area contributed by atoms with Crippen molar-refractivity contribution in [2.75, 3.05) is 25.0 Å². The molecule has 0 unspecified atom stereocenters.